The summed E-state index contributed by atoms with van der Waals surface area (Å²) in [6.07, 6.45) is -2.18. The van der Waals surface area contributed by atoms with Gasteiger partial charge in [0.1, 0.15) is 18.9 Å². The number of Topliss-reactive ketones (excluding diaryl/α,β-unsaturated/α-hetero) is 1. The second-order valence-electron chi connectivity index (χ2n) is 8.06. The predicted molar refractivity (Wildman–Crippen MR) is 122 cm³/mol. The minimum atomic E-state index is -2.18. The molecule has 5 rings (SSSR count). The molecule has 2 atom stereocenters. The maximum absolute atomic E-state index is 13.4. The lowest BCUT2D eigenvalue weighted by molar-refractivity contribution is -0.158. The molecule has 168 valence electrons. The quantitative estimate of drug-likeness (QED) is 0.429. The van der Waals surface area contributed by atoms with Gasteiger partial charge < -0.3 is 14.2 Å². The fraction of sp³-hybridized carbons (Fsp3) is 0.259. The maximum atomic E-state index is 13.4. The highest BCUT2D eigenvalue weighted by atomic mass is 16.7. The highest BCUT2D eigenvalue weighted by Crippen LogP contribution is 2.55. The van der Waals surface area contributed by atoms with Crippen molar-refractivity contribution < 1.29 is 25.2 Å². The average Bonchev–Trinajstić information content (AvgIpc) is 3.32. The highest BCUT2D eigenvalue weighted by Gasteiger charge is 2.59. The van der Waals surface area contributed by atoms with Gasteiger partial charge in [-0.25, -0.2) is 0 Å². The van der Waals surface area contributed by atoms with E-state index < -0.39 is 29.4 Å². The summed E-state index contributed by atoms with van der Waals surface area (Å²) in [5, 5.41) is 0. The molecule has 0 radical (unpaired) electrons. The van der Waals surface area contributed by atoms with Gasteiger partial charge in [-0.1, -0.05) is 78.9 Å². The molecule has 1 aliphatic heterocycles. The number of likely N-dealkylation sites (tertiary alicyclic amines) is 1. The van der Waals surface area contributed by atoms with E-state index in [4.69, 9.17) is 15.6 Å². The van der Waals surface area contributed by atoms with Crippen molar-refractivity contribution >= 4 is 11.8 Å². The standard InChI is InChI=1S/C27H25NO5/c1-31-17-33-25-23(29)16-28(24(25)26(30)32-2)27(18-10-4-3-5-11-18)21-14-8-6-12-19(21)20-13-7-9-15-22(20)27/h3-15,24-25H,16-17H2,1-2H3/t24-,25+/m0/s1/i25D. The average molecular weight is 445 g/mol. The summed E-state index contributed by atoms with van der Waals surface area (Å²) in [7, 11) is 2.66. The van der Waals surface area contributed by atoms with Crippen LogP contribution in [0.3, 0.4) is 0 Å². The molecule has 6 heteroatoms. The van der Waals surface area contributed by atoms with Crippen LogP contribution in [0, 0.1) is 0 Å². The van der Waals surface area contributed by atoms with Crippen LogP contribution in [0.1, 0.15) is 18.1 Å². The molecule has 0 amide bonds. The van der Waals surface area contributed by atoms with E-state index in [1.807, 2.05) is 78.9 Å². The largest absolute Gasteiger partial charge is 0.468 e. The second kappa shape index (κ2) is 8.56. The normalized spacial score (nSPS) is 23.6. The number of esters is 1. The molecular formula is C27H25NO5. The molecule has 0 aromatic heterocycles. The van der Waals surface area contributed by atoms with Crippen LogP contribution >= 0.6 is 0 Å². The monoisotopic (exact) mass is 444 g/mol. The van der Waals surface area contributed by atoms with Gasteiger partial charge >= 0.3 is 5.97 Å². The van der Waals surface area contributed by atoms with E-state index >= 15 is 0 Å². The summed E-state index contributed by atoms with van der Waals surface area (Å²) >= 11 is 0. The molecular weight excluding hydrogens is 418 g/mol. The van der Waals surface area contributed by atoms with Gasteiger partial charge in [-0.3, -0.25) is 14.5 Å². The van der Waals surface area contributed by atoms with Crippen molar-refractivity contribution in [2.45, 2.75) is 17.7 Å². The van der Waals surface area contributed by atoms with Crippen molar-refractivity contribution in [1.82, 2.24) is 4.90 Å². The molecule has 1 heterocycles. The molecule has 0 N–H and O–H groups in total. The van der Waals surface area contributed by atoms with Gasteiger partial charge in [0, 0.05) is 7.11 Å². The molecule has 0 spiro atoms. The summed E-state index contributed by atoms with van der Waals surface area (Å²) in [5.41, 5.74) is 3.75. The lowest BCUT2D eigenvalue weighted by Crippen LogP contribution is -2.54. The minimum Gasteiger partial charge on any atom is -0.468 e. The van der Waals surface area contributed by atoms with Crippen LogP contribution in [0.5, 0.6) is 0 Å². The van der Waals surface area contributed by atoms with Gasteiger partial charge in [-0.05, 0) is 27.8 Å². The van der Waals surface area contributed by atoms with E-state index in [0.717, 1.165) is 27.8 Å². The summed E-state index contributed by atoms with van der Waals surface area (Å²) in [5.74, 6) is -1.24. The fourth-order valence-electron chi connectivity index (χ4n) is 5.24. The number of ether oxygens (including phenoxy) is 3. The van der Waals surface area contributed by atoms with E-state index in [1.54, 1.807) is 4.90 Å². The van der Waals surface area contributed by atoms with Crippen molar-refractivity contribution in [2.24, 2.45) is 0 Å². The molecule has 1 saturated heterocycles. The predicted octanol–water partition coefficient (Wildman–Crippen LogP) is 3.37. The third-order valence-corrected chi connectivity index (χ3v) is 6.45. The van der Waals surface area contributed by atoms with Gasteiger partial charge in [0.2, 0.25) is 0 Å². The van der Waals surface area contributed by atoms with Crippen molar-refractivity contribution in [3.05, 3.63) is 95.6 Å². The Morgan fingerprint density at radius 3 is 2.12 bits per heavy atom. The molecule has 1 aliphatic carbocycles. The van der Waals surface area contributed by atoms with E-state index in [1.165, 1.54) is 14.2 Å². The highest BCUT2D eigenvalue weighted by molar-refractivity contribution is 5.97. The first-order chi connectivity index (χ1) is 16.5. The number of carbonyl (C=O) groups excluding carboxylic acids is 2. The van der Waals surface area contributed by atoms with E-state index in [9.17, 15) is 9.59 Å². The number of rotatable bonds is 6. The molecule has 0 saturated carbocycles. The molecule has 3 aromatic carbocycles. The first kappa shape index (κ1) is 20.3. The Bertz CT molecular complexity index is 1200. The lowest BCUT2D eigenvalue weighted by Gasteiger charge is -2.43. The smallest absolute Gasteiger partial charge is 0.326 e. The third kappa shape index (κ3) is 3.14. The molecule has 1 fully saturated rings. The number of hydrogen-bond acceptors (Lipinski definition) is 6. The molecule has 3 aromatic rings. The zero-order valence-electron chi connectivity index (χ0n) is 19.5. The SMILES string of the molecule is [2H][C@@]1(OCOC)C(=O)CN(C2(c3ccccc3)c3ccccc3-c3ccccc32)[C@@H]1C(=O)OC. The van der Waals surface area contributed by atoms with Crippen LogP contribution in [0.4, 0.5) is 0 Å². The minimum absolute atomic E-state index is 0.176. The number of methoxy groups -OCH3 is 2. The Labute approximate surface area is 194 Å². The number of nitrogens with zero attached hydrogens (tertiary/aromatic N) is 1. The summed E-state index contributed by atoms with van der Waals surface area (Å²) in [6, 6.07) is 24.4. The molecule has 2 aliphatic rings. The van der Waals surface area contributed by atoms with Crippen LogP contribution in [0.2, 0.25) is 0 Å². The fourth-order valence-corrected chi connectivity index (χ4v) is 5.24. The summed E-state index contributed by atoms with van der Waals surface area (Å²) < 4.78 is 24.7. The molecule has 0 unspecified atom stereocenters. The van der Waals surface area contributed by atoms with Crippen molar-refractivity contribution in [3.8, 4) is 11.1 Å². The van der Waals surface area contributed by atoms with Crippen LogP contribution in [-0.4, -0.2) is 56.3 Å². The molecule has 0 bridgehead atoms. The Morgan fingerprint density at radius 1 is 0.970 bits per heavy atom. The molecule has 33 heavy (non-hydrogen) atoms. The Morgan fingerprint density at radius 2 is 1.55 bits per heavy atom. The van der Waals surface area contributed by atoms with E-state index in [2.05, 4.69) is 0 Å². The van der Waals surface area contributed by atoms with Crippen LogP contribution < -0.4 is 0 Å². The zero-order chi connectivity index (χ0) is 23.9. The van der Waals surface area contributed by atoms with E-state index in [0.29, 0.717) is 0 Å². The van der Waals surface area contributed by atoms with Gasteiger partial charge in [0.15, 0.2) is 5.78 Å². The Balaban J connectivity index is 1.84. The van der Waals surface area contributed by atoms with E-state index in [-0.39, 0.29) is 13.3 Å². The topological polar surface area (TPSA) is 65.1 Å². The zero-order valence-corrected chi connectivity index (χ0v) is 18.5. The number of benzene rings is 3. The van der Waals surface area contributed by atoms with Crippen LogP contribution in [-0.2, 0) is 29.3 Å². The lowest BCUT2D eigenvalue weighted by atomic mass is 9.78. The Kier molecular flexibility index (Phi) is 5.26. The van der Waals surface area contributed by atoms with Crippen molar-refractivity contribution in [2.75, 3.05) is 27.6 Å². The number of fused-ring (bicyclic) bond motifs is 3. The van der Waals surface area contributed by atoms with Gasteiger partial charge in [-0.15, -0.1) is 0 Å². The maximum Gasteiger partial charge on any atom is 0.326 e. The van der Waals surface area contributed by atoms with Crippen LogP contribution in [0.15, 0.2) is 78.9 Å². The van der Waals surface area contributed by atoms with Crippen molar-refractivity contribution in [3.63, 3.8) is 0 Å². The van der Waals surface area contributed by atoms with Gasteiger partial charge in [-0.2, -0.15) is 0 Å². The number of ketones is 1. The molecule has 6 nitrogen and oxygen atoms in total. The number of carbonyl (C=O) groups is 2. The van der Waals surface area contributed by atoms with Gasteiger partial charge in [0.05, 0.1) is 20.6 Å². The Hall–Kier alpha value is -3.32. The number of hydrogen-bond donors (Lipinski definition) is 0. The first-order valence-electron chi connectivity index (χ1n) is 11.3. The van der Waals surface area contributed by atoms with Crippen molar-refractivity contribution in [1.29, 1.82) is 0 Å². The third-order valence-electron chi connectivity index (χ3n) is 6.45. The first-order valence-corrected chi connectivity index (χ1v) is 10.8. The van der Waals surface area contributed by atoms with Gasteiger partial charge in [0.25, 0.3) is 0 Å². The summed E-state index contributed by atoms with van der Waals surface area (Å²) in [4.78, 5) is 28.4. The van der Waals surface area contributed by atoms with Crippen LogP contribution in [0.25, 0.3) is 11.1 Å². The summed E-state index contributed by atoms with van der Waals surface area (Å²) in [6.45, 7) is -0.480. The second-order valence-corrected chi connectivity index (χ2v) is 8.06.